The number of aromatic nitrogens is 1. The maximum Gasteiger partial charge on any atom is 0.270 e. The fraction of sp³-hybridized carbons (Fsp3) is 0.455. The van der Waals surface area contributed by atoms with Crippen molar-refractivity contribution in [3.05, 3.63) is 29.6 Å². The minimum absolute atomic E-state index is 0.0765. The topological polar surface area (TPSA) is 54.0 Å². The van der Waals surface area contributed by atoms with Gasteiger partial charge >= 0.3 is 0 Å². The van der Waals surface area contributed by atoms with Crippen LogP contribution in [0.2, 0.25) is 0 Å². The molecule has 1 aromatic rings. The number of carbonyl (C=O) groups excluding carboxylic acids is 1. The molecule has 15 heavy (non-hydrogen) atoms. The van der Waals surface area contributed by atoms with E-state index in [1.807, 2.05) is 19.1 Å². The van der Waals surface area contributed by atoms with Crippen molar-refractivity contribution in [2.24, 2.45) is 0 Å². The van der Waals surface area contributed by atoms with Gasteiger partial charge in [0.15, 0.2) is 0 Å². The largest absolute Gasteiger partial charge is 0.347 e. The standard InChI is InChI=1S/C11H15N3O/c1-8-3-2-4-10(13-8)11(15)14-9-5-6-12-7-9/h2-4,9,12H,5-7H2,1H3,(H,14,15). The van der Waals surface area contributed by atoms with Gasteiger partial charge in [0.1, 0.15) is 5.69 Å². The Kier molecular flexibility index (Phi) is 2.97. The third-order valence-corrected chi connectivity index (χ3v) is 2.52. The first-order valence-electron chi connectivity index (χ1n) is 5.21. The van der Waals surface area contributed by atoms with E-state index in [1.165, 1.54) is 0 Å². The van der Waals surface area contributed by atoms with E-state index in [2.05, 4.69) is 15.6 Å². The molecule has 0 radical (unpaired) electrons. The van der Waals surface area contributed by atoms with E-state index in [4.69, 9.17) is 0 Å². The average Bonchev–Trinajstić information content (AvgIpc) is 2.70. The second-order valence-electron chi connectivity index (χ2n) is 3.83. The van der Waals surface area contributed by atoms with Crippen molar-refractivity contribution in [2.75, 3.05) is 13.1 Å². The van der Waals surface area contributed by atoms with Crippen LogP contribution in [0.3, 0.4) is 0 Å². The van der Waals surface area contributed by atoms with Gasteiger partial charge < -0.3 is 10.6 Å². The Balaban J connectivity index is 2.01. The fourth-order valence-electron chi connectivity index (χ4n) is 1.71. The van der Waals surface area contributed by atoms with Crippen LogP contribution in [0.5, 0.6) is 0 Å². The minimum atomic E-state index is -0.0765. The maximum atomic E-state index is 11.8. The predicted molar refractivity (Wildman–Crippen MR) is 57.7 cm³/mol. The van der Waals surface area contributed by atoms with E-state index in [0.717, 1.165) is 25.2 Å². The lowest BCUT2D eigenvalue weighted by Crippen LogP contribution is -2.36. The highest BCUT2D eigenvalue weighted by molar-refractivity contribution is 5.92. The Morgan fingerprint density at radius 2 is 2.47 bits per heavy atom. The van der Waals surface area contributed by atoms with Crippen LogP contribution in [-0.2, 0) is 0 Å². The highest BCUT2D eigenvalue weighted by atomic mass is 16.1. The van der Waals surface area contributed by atoms with Gasteiger partial charge in [-0.15, -0.1) is 0 Å². The fourth-order valence-corrected chi connectivity index (χ4v) is 1.71. The first kappa shape index (κ1) is 10.1. The molecule has 1 saturated heterocycles. The van der Waals surface area contributed by atoms with Crippen molar-refractivity contribution in [1.82, 2.24) is 15.6 Å². The molecule has 1 aromatic heterocycles. The Morgan fingerprint density at radius 1 is 1.60 bits per heavy atom. The molecule has 4 heteroatoms. The molecule has 0 bridgehead atoms. The molecule has 1 aliphatic heterocycles. The smallest absolute Gasteiger partial charge is 0.270 e. The molecule has 2 heterocycles. The number of aryl methyl sites for hydroxylation is 1. The zero-order valence-corrected chi connectivity index (χ0v) is 8.79. The second-order valence-corrected chi connectivity index (χ2v) is 3.83. The highest BCUT2D eigenvalue weighted by Crippen LogP contribution is 2.01. The van der Waals surface area contributed by atoms with Gasteiger partial charge in [-0.2, -0.15) is 0 Å². The van der Waals surface area contributed by atoms with Crippen molar-refractivity contribution >= 4 is 5.91 Å². The summed E-state index contributed by atoms with van der Waals surface area (Å²) in [4.78, 5) is 15.9. The summed E-state index contributed by atoms with van der Waals surface area (Å²) in [5.41, 5.74) is 1.37. The Morgan fingerprint density at radius 3 is 3.13 bits per heavy atom. The van der Waals surface area contributed by atoms with Crippen molar-refractivity contribution < 1.29 is 4.79 Å². The van der Waals surface area contributed by atoms with Crippen LogP contribution in [0, 0.1) is 6.92 Å². The van der Waals surface area contributed by atoms with Crippen molar-refractivity contribution in [3.8, 4) is 0 Å². The molecule has 1 aliphatic rings. The number of pyridine rings is 1. The van der Waals surface area contributed by atoms with E-state index in [1.54, 1.807) is 6.07 Å². The molecule has 1 atom stereocenters. The molecule has 0 aromatic carbocycles. The summed E-state index contributed by atoms with van der Waals surface area (Å²) >= 11 is 0. The van der Waals surface area contributed by atoms with Crippen LogP contribution in [-0.4, -0.2) is 30.0 Å². The number of hydrogen-bond acceptors (Lipinski definition) is 3. The zero-order valence-electron chi connectivity index (χ0n) is 8.79. The normalized spacial score (nSPS) is 20.2. The number of rotatable bonds is 2. The van der Waals surface area contributed by atoms with Crippen molar-refractivity contribution in [2.45, 2.75) is 19.4 Å². The lowest BCUT2D eigenvalue weighted by Gasteiger charge is -2.10. The first-order chi connectivity index (χ1) is 7.25. The molecule has 2 rings (SSSR count). The van der Waals surface area contributed by atoms with Gasteiger partial charge in [0.2, 0.25) is 0 Å². The molecular formula is C11H15N3O. The van der Waals surface area contributed by atoms with Gasteiger partial charge in [-0.1, -0.05) is 6.07 Å². The number of nitrogens with one attached hydrogen (secondary N) is 2. The monoisotopic (exact) mass is 205 g/mol. The average molecular weight is 205 g/mol. The van der Waals surface area contributed by atoms with Crippen LogP contribution < -0.4 is 10.6 Å². The minimum Gasteiger partial charge on any atom is -0.347 e. The summed E-state index contributed by atoms with van der Waals surface area (Å²) in [6.07, 6.45) is 0.998. The lowest BCUT2D eigenvalue weighted by molar-refractivity contribution is 0.0935. The first-order valence-corrected chi connectivity index (χ1v) is 5.21. The van der Waals surface area contributed by atoms with E-state index < -0.39 is 0 Å². The molecule has 0 aliphatic carbocycles. The highest BCUT2D eigenvalue weighted by Gasteiger charge is 2.17. The molecule has 2 N–H and O–H groups in total. The summed E-state index contributed by atoms with van der Waals surface area (Å²) in [6.45, 7) is 3.72. The second kappa shape index (κ2) is 4.40. The SMILES string of the molecule is Cc1cccc(C(=O)NC2CCNC2)n1. The van der Waals surface area contributed by atoms with Crippen LogP contribution in [0.4, 0.5) is 0 Å². The molecular weight excluding hydrogens is 190 g/mol. The van der Waals surface area contributed by atoms with E-state index in [9.17, 15) is 4.79 Å². The van der Waals surface area contributed by atoms with Gasteiger partial charge in [0.25, 0.3) is 5.91 Å². The van der Waals surface area contributed by atoms with Crippen LogP contribution in [0.1, 0.15) is 22.6 Å². The van der Waals surface area contributed by atoms with Crippen molar-refractivity contribution in [3.63, 3.8) is 0 Å². The number of amides is 1. The van der Waals surface area contributed by atoms with E-state index in [-0.39, 0.29) is 11.9 Å². The van der Waals surface area contributed by atoms with Gasteiger partial charge in [-0.3, -0.25) is 4.79 Å². The summed E-state index contributed by atoms with van der Waals surface area (Å²) in [7, 11) is 0. The zero-order chi connectivity index (χ0) is 10.7. The van der Waals surface area contributed by atoms with Crippen LogP contribution >= 0.6 is 0 Å². The van der Waals surface area contributed by atoms with Crippen molar-refractivity contribution in [1.29, 1.82) is 0 Å². The summed E-state index contributed by atoms with van der Waals surface area (Å²) in [6, 6.07) is 5.72. The number of hydrogen-bond donors (Lipinski definition) is 2. The maximum absolute atomic E-state index is 11.8. The Bertz CT molecular complexity index is 359. The molecule has 1 unspecified atom stereocenters. The summed E-state index contributed by atoms with van der Waals surface area (Å²) < 4.78 is 0. The van der Waals surface area contributed by atoms with Gasteiger partial charge in [0.05, 0.1) is 0 Å². The third-order valence-electron chi connectivity index (χ3n) is 2.52. The van der Waals surface area contributed by atoms with Crippen LogP contribution in [0.25, 0.3) is 0 Å². The van der Waals surface area contributed by atoms with E-state index >= 15 is 0 Å². The molecule has 4 nitrogen and oxygen atoms in total. The van der Waals surface area contributed by atoms with Gasteiger partial charge in [0, 0.05) is 18.3 Å². The predicted octanol–water partition coefficient (Wildman–Crippen LogP) is 0.482. The third kappa shape index (κ3) is 2.53. The number of carbonyl (C=O) groups is 1. The van der Waals surface area contributed by atoms with E-state index in [0.29, 0.717) is 5.69 Å². The molecule has 80 valence electrons. The van der Waals surface area contributed by atoms with Gasteiger partial charge in [-0.25, -0.2) is 4.98 Å². The lowest BCUT2D eigenvalue weighted by atomic mass is 10.2. The van der Waals surface area contributed by atoms with Crippen LogP contribution in [0.15, 0.2) is 18.2 Å². The van der Waals surface area contributed by atoms with Gasteiger partial charge in [-0.05, 0) is 32.0 Å². The quantitative estimate of drug-likeness (QED) is 0.738. The molecule has 0 saturated carbocycles. The molecule has 0 spiro atoms. The molecule has 1 amide bonds. The Labute approximate surface area is 89.1 Å². The molecule has 1 fully saturated rings. The number of nitrogens with zero attached hydrogens (tertiary/aromatic N) is 1. The summed E-state index contributed by atoms with van der Waals surface area (Å²) in [5.74, 6) is -0.0765. The summed E-state index contributed by atoms with van der Waals surface area (Å²) in [5, 5.41) is 6.16. The Hall–Kier alpha value is -1.42.